The van der Waals surface area contributed by atoms with Crippen molar-refractivity contribution in [1.29, 1.82) is 0 Å². The lowest BCUT2D eigenvalue weighted by Crippen LogP contribution is -2.04. The van der Waals surface area contributed by atoms with Crippen LogP contribution in [0.3, 0.4) is 0 Å². The van der Waals surface area contributed by atoms with Gasteiger partial charge in [-0.15, -0.1) is 11.8 Å². The largest absolute Gasteiger partial charge is 0.383 e. The van der Waals surface area contributed by atoms with Gasteiger partial charge < -0.3 is 5.73 Å². The molecule has 2 aromatic heterocycles. The molecule has 0 spiro atoms. The minimum Gasteiger partial charge on any atom is -0.383 e. The van der Waals surface area contributed by atoms with Gasteiger partial charge in [0.1, 0.15) is 12.1 Å². The molecule has 2 heterocycles. The van der Waals surface area contributed by atoms with Crippen LogP contribution >= 0.6 is 11.8 Å². The van der Waals surface area contributed by atoms with E-state index in [4.69, 9.17) is 5.73 Å². The van der Waals surface area contributed by atoms with E-state index in [0.717, 1.165) is 4.90 Å². The molecular weight excluding hydrogens is 222 g/mol. The van der Waals surface area contributed by atoms with Gasteiger partial charge in [-0.2, -0.15) is 9.78 Å². The van der Waals surface area contributed by atoms with Crippen LogP contribution in [0.2, 0.25) is 0 Å². The summed E-state index contributed by atoms with van der Waals surface area (Å²) < 4.78 is 1.62. The van der Waals surface area contributed by atoms with Crippen molar-refractivity contribution in [3.63, 3.8) is 0 Å². The molecule has 2 rings (SSSR count). The molecule has 0 aliphatic carbocycles. The SMILES string of the molecule is CC(C)Sc1cnn(-c2ccncn2)c1N. The maximum atomic E-state index is 6.00. The Morgan fingerprint density at radius 1 is 1.44 bits per heavy atom. The van der Waals surface area contributed by atoms with Crippen molar-refractivity contribution in [1.82, 2.24) is 19.7 Å². The van der Waals surface area contributed by atoms with E-state index in [0.29, 0.717) is 16.9 Å². The highest BCUT2D eigenvalue weighted by molar-refractivity contribution is 8.00. The normalized spacial score (nSPS) is 10.9. The van der Waals surface area contributed by atoms with Crippen molar-refractivity contribution < 1.29 is 0 Å². The van der Waals surface area contributed by atoms with Crippen LogP contribution < -0.4 is 5.73 Å². The fourth-order valence-corrected chi connectivity index (χ4v) is 2.10. The Hall–Kier alpha value is -1.56. The fraction of sp³-hybridized carbons (Fsp3) is 0.300. The predicted molar refractivity (Wildman–Crippen MR) is 64.6 cm³/mol. The number of hydrogen-bond donors (Lipinski definition) is 1. The number of hydrogen-bond acceptors (Lipinski definition) is 5. The molecule has 0 bridgehead atoms. The van der Waals surface area contributed by atoms with Gasteiger partial charge in [0.05, 0.1) is 11.1 Å². The number of thioether (sulfide) groups is 1. The zero-order chi connectivity index (χ0) is 11.5. The minimum atomic E-state index is 0.477. The third kappa shape index (κ3) is 2.16. The van der Waals surface area contributed by atoms with E-state index in [-0.39, 0.29) is 0 Å². The van der Waals surface area contributed by atoms with E-state index in [2.05, 4.69) is 28.9 Å². The van der Waals surface area contributed by atoms with Gasteiger partial charge in [-0.1, -0.05) is 13.8 Å². The Morgan fingerprint density at radius 3 is 2.88 bits per heavy atom. The van der Waals surface area contributed by atoms with E-state index in [1.807, 2.05) is 0 Å². The Morgan fingerprint density at radius 2 is 2.25 bits per heavy atom. The van der Waals surface area contributed by atoms with Gasteiger partial charge in [-0.05, 0) is 0 Å². The third-order valence-corrected chi connectivity index (χ3v) is 2.96. The molecule has 0 aliphatic heterocycles. The first-order valence-electron chi connectivity index (χ1n) is 4.95. The van der Waals surface area contributed by atoms with E-state index in [9.17, 15) is 0 Å². The van der Waals surface area contributed by atoms with Crippen LogP contribution in [0, 0.1) is 0 Å². The van der Waals surface area contributed by atoms with Gasteiger partial charge >= 0.3 is 0 Å². The second-order valence-electron chi connectivity index (χ2n) is 3.54. The first-order chi connectivity index (χ1) is 7.68. The smallest absolute Gasteiger partial charge is 0.159 e. The zero-order valence-electron chi connectivity index (χ0n) is 9.16. The average Bonchev–Trinajstić information content (AvgIpc) is 2.61. The number of aromatic nitrogens is 4. The highest BCUT2D eigenvalue weighted by atomic mass is 32.2. The molecule has 0 fully saturated rings. The molecule has 0 saturated carbocycles. The number of anilines is 1. The number of nitrogen functional groups attached to an aromatic ring is 1. The van der Waals surface area contributed by atoms with Crippen molar-refractivity contribution in [2.24, 2.45) is 0 Å². The predicted octanol–water partition coefficient (Wildman–Crippen LogP) is 1.74. The van der Waals surface area contributed by atoms with Crippen molar-refractivity contribution in [3.05, 3.63) is 24.8 Å². The zero-order valence-corrected chi connectivity index (χ0v) is 9.98. The molecule has 84 valence electrons. The average molecular weight is 235 g/mol. The lowest BCUT2D eigenvalue weighted by atomic mass is 10.5. The van der Waals surface area contributed by atoms with E-state index < -0.39 is 0 Å². The lowest BCUT2D eigenvalue weighted by molar-refractivity contribution is 0.849. The summed E-state index contributed by atoms with van der Waals surface area (Å²) in [5.74, 6) is 1.31. The molecule has 0 saturated heterocycles. The summed E-state index contributed by atoms with van der Waals surface area (Å²) in [5, 5.41) is 4.70. The van der Waals surface area contributed by atoms with Gasteiger partial charge in [-0.3, -0.25) is 0 Å². The number of nitrogens with zero attached hydrogens (tertiary/aromatic N) is 4. The molecule has 6 heteroatoms. The summed E-state index contributed by atoms with van der Waals surface area (Å²) >= 11 is 1.69. The Balaban J connectivity index is 2.34. The maximum Gasteiger partial charge on any atom is 0.159 e. The Kier molecular flexibility index (Phi) is 3.09. The topological polar surface area (TPSA) is 69.6 Å². The van der Waals surface area contributed by atoms with E-state index in [1.54, 1.807) is 34.9 Å². The van der Waals surface area contributed by atoms with Crippen LogP contribution in [-0.2, 0) is 0 Å². The summed E-state index contributed by atoms with van der Waals surface area (Å²) in [5.41, 5.74) is 6.00. The summed E-state index contributed by atoms with van der Waals surface area (Å²) in [6.45, 7) is 4.23. The highest BCUT2D eigenvalue weighted by Crippen LogP contribution is 2.29. The Bertz CT molecular complexity index is 465. The first-order valence-corrected chi connectivity index (χ1v) is 5.83. The number of rotatable bonds is 3. The molecule has 0 aliphatic rings. The first kappa shape index (κ1) is 10.9. The summed E-state index contributed by atoms with van der Waals surface area (Å²) in [6, 6.07) is 1.77. The van der Waals surface area contributed by atoms with Crippen LogP contribution in [0.4, 0.5) is 5.82 Å². The van der Waals surface area contributed by atoms with Crippen LogP contribution in [0.15, 0.2) is 29.7 Å². The monoisotopic (exact) mass is 235 g/mol. The minimum absolute atomic E-state index is 0.477. The van der Waals surface area contributed by atoms with Gasteiger partial charge in [-0.25, -0.2) is 9.97 Å². The third-order valence-electron chi connectivity index (χ3n) is 1.92. The van der Waals surface area contributed by atoms with Gasteiger partial charge in [0.15, 0.2) is 5.82 Å². The van der Waals surface area contributed by atoms with Gasteiger partial charge in [0.2, 0.25) is 0 Å². The quantitative estimate of drug-likeness (QED) is 0.821. The molecular formula is C10H13N5S. The summed E-state index contributed by atoms with van der Waals surface area (Å²) in [4.78, 5) is 8.94. The molecule has 2 N–H and O–H groups in total. The fourth-order valence-electron chi connectivity index (χ4n) is 1.28. The standard InChI is InChI=1S/C10H13N5S/c1-7(2)16-8-5-14-15(10(8)11)9-3-4-12-6-13-9/h3-7H,11H2,1-2H3. The lowest BCUT2D eigenvalue weighted by Gasteiger charge is -2.05. The summed E-state index contributed by atoms with van der Waals surface area (Å²) in [6.07, 6.45) is 4.91. The molecule has 16 heavy (non-hydrogen) atoms. The van der Waals surface area contributed by atoms with Crippen LogP contribution in [0.25, 0.3) is 5.82 Å². The number of nitrogens with two attached hydrogens (primary N) is 1. The van der Waals surface area contributed by atoms with Gasteiger partial charge in [0, 0.05) is 17.5 Å². The van der Waals surface area contributed by atoms with Gasteiger partial charge in [0.25, 0.3) is 0 Å². The molecule has 2 aromatic rings. The van der Waals surface area contributed by atoms with Crippen molar-refractivity contribution in [2.75, 3.05) is 5.73 Å². The Labute approximate surface area is 98.1 Å². The van der Waals surface area contributed by atoms with Crippen LogP contribution in [0.5, 0.6) is 0 Å². The van der Waals surface area contributed by atoms with E-state index >= 15 is 0 Å². The highest BCUT2D eigenvalue weighted by Gasteiger charge is 2.11. The maximum absolute atomic E-state index is 6.00. The summed E-state index contributed by atoms with van der Waals surface area (Å²) in [7, 11) is 0. The van der Waals surface area contributed by atoms with Crippen molar-refractivity contribution in [2.45, 2.75) is 24.0 Å². The van der Waals surface area contributed by atoms with Crippen molar-refractivity contribution in [3.8, 4) is 5.82 Å². The second kappa shape index (κ2) is 4.52. The molecule has 0 aromatic carbocycles. The van der Waals surface area contributed by atoms with Crippen LogP contribution in [0.1, 0.15) is 13.8 Å². The van der Waals surface area contributed by atoms with Crippen LogP contribution in [-0.4, -0.2) is 25.0 Å². The molecule has 0 radical (unpaired) electrons. The second-order valence-corrected chi connectivity index (χ2v) is 5.16. The molecule has 0 unspecified atom stereocenters. The molecule has 0 amide bonds. The molecule has 5 nitrogen and oxygen atoms in total. The van der Waals surface area contributed by atoms with Crippen molar-refractivity contribution >= 4 is 17.6 Å². The molecule has 0 atom stereocenters. The van der Waals surface area contributed by atoms with E-state index in [1.165, 1.54) is 6.33 Å².